The highest BCUT2D eigenvalue weighted by atomic mass is 35.5. The third kappa shape index (κ3) is 2.95. The largest absolute Gasteiger partial charge is 0.394 e. The van der Waals surface area contributed by atoms with Gasteiger partial charge in [0.05, 0.1) is 6.61 Å². The lowest BCUT2D eigenvalue weighted by Gasteiger charge is -2.08. The minimum Gasteiger partial charge on any atom is -0.394 e. The van der Waals surface area contributed by atoms with Crippen LogP contribution in [0, 0.1) is 0 Å². The minimum absolute atomic E-state index is 0.0936. The van der Waals surface area contributed by atoms with E-state index in [1.54, 1.807) is 12.3 Å². The fourth-order valence-corrected chi connectivity index (χ4v) is 1.44. The Hall–Kier alpha value is -0.650. The Bertz CT molecular complexity index is 302. The van der Waals surface area contributed by atoms with Crippen molar-refractivity contribution in [2.75, 3.05) is 6.61 Å². The molecule has 0 spiro atoms. The number of rotatable bonds is 3. The Labute approximate surface area is 84.6 Å². The second-order valence-corrected chi connectivity index (χ2v) is 3.98. The zero-order chi connectivity index (χ0) is 9.84. The monoisotopic (exact) mass is 220 g/mol. The average molecular weight is 221 g/mol. The van der Waals surface area contributed by atoms with E-state index in [0.29, 0.717) is 4.47 Å². The van der Waals surface area contributed by atoms with Gasteiger partial charge in [-0.15, -0.1) is 11.3 Å². The molecule has 13 heavy (non-hydrogen) atoms. The number of aliphatic hydroxyl groups is 1. The molecule has 0 radical (unpaired) electrons. The lowest BCUT2D eigenvalue weighted by Crippen LogP contribution is -2.35. The minimum atomic E-state index is -0.315. The van der Waals surface area contributed by atoms with E-state index in [2.05, 4.69) is 10.3 Å². The van der Waals surface area contributed by atoms with Gasteiger partial charge in [0.1, 0.15) is 5.69 Å². The zero-order valence-electron chi connectivity index (χ0n) is 6.95. The van der Waals surface area contributed by atoms with Crippen LogP contribution >= 0.6 is 22.9 Å². The van der Waals surface area contributed by atoms with Crippen LogP contribution in [0.15, 0.2) is 5.38 Å². The van der Waals surface area contributed by atoms with Gasteiger partial charge < -0.3 is 10.4 Å². The molecule has 6 heteroatoms. The molecule has 0 saturated carbocycles. The van der Waals surface area contributed by atoms with E-state index in [4.69, 9.17) is 16.7 Å². The van der Waals surface area contributed by atoms with Gasteiger partial charge in [-0.1, -0.05) is 11.6 Å². The van der Waals surface area contributed by atoms with Gasteiger partial charge in [0, 0.05) is 11.4 Å². The highest BCUT2D eigenvalue weighted by Crippen LogP contribution is 2.14. The van der Waals surface area contributed by atoms with E-state index in [1.165, 1.54) is 11.3 Å². The predicted molar refractivity (Wildman–Crippen MR) is 51.1 cm³/mol. The van der Waals surface area contributed by atoms with E-state index < -0.39 is 0 Å². The number of hydrogen-bond acceptors (Lipinski definition) is 4. The number of halogens is 1. The maximum absolute atomic E-state index is 11.3. The topological polar surface area (TPSA) is 62.2 Å². The summed E-state index contributed by atoms with van der Waals surface area (Å²) < 4.78 is 0.335. The second kappa shape index (κ2) is 4.55. The molecule has 0 fully saturated rings. The van der Waals surface area contributed by atoms with Gasteiger partial charge in [-0.2, -0.15) is 0 Å². The van der Waals surface area contributed by atoms with Gasteiger partial charge in [0.25, 0.3) is 5.91 Å². The number of nitrogens with zero attached hydrogens (tertiary/aromatic N) is 1. The van der Waals surface area contributed by atoms with Gasteiger partial charge in [0.15, 0.2) is 4.47 Å². The number of aliphatic hydroxyl groups excluding tert-OH is 1. The van der Waals surface area contributed by atoms with Crippen LogP contribution in [-0.2, 0) is 0 Å². The third-order valence-corrected chi connectivity index (χ3v) is 2.34. The Kier molecular flexibility index (Phi) is 3.65. The molecule has 0 saturated heterocycles. The third-order valence-electron chi connectivity index (χ3n) is 1.36. The quantitative estimate of drug-likeness (QED) is 0.796. The van der Waals surface area contributed by atoms with Crippen molar-refractivity contribution >= 4 is 28.8 Å². The van der Waals surface area contributed by atoms with Gasteiger partial charge in [0.2, 0.25) is 0 Å². The number of amides is 1. The molecule has 1 heterocycles. The standard InChI is InChI=1S/C7H9ClN2O2S/c1-4(2-11)9-6(12)5-3-13-7(8)10-5/h3-4,11H,2H2,1H3,(H,9,12). The van der Waals surface area contributed by atoms with E-state index in [9.17, 15) is 4.79 Å². The van der Waals surface area contributed by atoms with Crippen LogP contribution in [0.5, 0.6) is 0 Å². The van der Waals surface area contributed by atoms with E-state index in [0.717, 1.165) is 0 Å². The van der Waals surface area contributed by atoms with E-state index in [1.807, 2.05) is 0 Å². The Morgan fingerprint density at radius 1 is 1.92 bits per heavy atom. The lowest BCUT2D eigenvalue weighted by atomic mass is 10.3. The first-order chi connectivity index (χ1) is 6.13. The van der Waals surface area contributed by atoms with Crippen LogP contribution < -0.4 is 5.32 Å². The fourth-order valence-electron chi connectivity index (χ4n) is 0.700. The average Bonchev–Trinajstić information content (AvgIpc) is 2.51. The predicted octanol–water partition coefficient (Wildman–Crippen LogP) is 0.907. The first-order valence-electron chi connectivity index (χ1n) is 3.66. The molecule has 1 aromatic rings. The van der Waals surface area contributed by atoms with Gasteiger partial charge in [-0.05, 0) is 6.92 Å². The van der Waals surface area contributed by atoms with Crippen molar-refractivity contribution in [3.05, 3.63) is 15.5 Å². The maximum atomic E-state index is 11.3. The SMILES string of the molecule is CC(CO)NC(=O)c1csc(Cl)n1. The normalized spacial score (nSPS) is 12.5. The van der Waals surface area contributed by atoms with Crippen LogP contribution in [0.25, 0.3) is 0 Å². The van der Waals surface area contributed by atoms with Crippen molar-refractivity contribution in [3.63, 3.8) is 0 Å². The summed E-state index contributed by atoms with van der Waals surface area (Å²) >= 11 is 6.75. The number of carbonyl (C=O) groups is 1. The van der Waals surface area contributed by atoms with Crippen molar-refractivity contribution in [1.29, 1.82) is 0 Å². The zero-order valence-corrected chi connectivity index (χ0v) is 8.52. The summed E-state index contributed by atoms with van der Waals surface area (Å²) in [6, 6.07) is -0.270. The van der Waals surface area contributed by atoms with Crippen LogP contribution in [0.1, 0.15) is 17.4 Å². The molecule has 1 atom stereocenters. The summed E-state index contributed by atoms with van der Waals surface area (Å²) in [5.41, 5.74) is 0.287. The molecule has 0 aliphatic rings. The molecule has 1 aromatic heterocycles. The Morgan fingerprint density at radius 2 is 2.62 bits per heavy atom. The molecular formula is C7H9ClN2O2S. The molecule has 1 unspecified atom stereocenters. The van der Waals surface area contributed by atoms with Crippen molar-refractivity contribution in [2.24, 2.45) is 0 Å². The van der Waals surface area contributed by atoms with Crippen LogP contribution in [0.4, 0.5) is 0 Å². The molecule has 0 aliphatic heterocycles. The van der Waals surface area contributed by atoms with Gasteiger partial charge in [-0.3, -0.25) is 4.79 Å². The van der Waals surface area contributed by atoms with Gasteiger partial charge in [-0.25, -0.2) is 4.98 Å². The van der Waals surface area contributed by atoms with Crippen molar-refractivity contribution in [3.8, 4) is 0 Å². The molecular weight excluding hydrogens is 212 g/mol. The number of hydrogen-bond donors (Lipinski definition) is 2. The number of thiazole rings is 1. The molecule has 0 aromatic carbocycles. The van der Waals surface area contributed by atoms with E-state index in [-0.39, 0.29) is 24.2 Å². The lowest BCUT2D eigenvalue weighted by molar-refractivity contribution is 0.0918. The summed E-state index contributed by atoms with van der Waals surface area (Å²) in [5.74, 6) is -0.315. The molecule has 2 N–H and O–H groups in total. The van der Waals surface area contributed by atoms with Gasteiger partial charge >= 0.3 is 0 Å². The summed E-state index contributed by atoms with van der Waals surface area (Å²) in [6.45, 7) is 1.61. The smallest absolute Gasteiger partial charge is 0.271 e. The fraction of sp³-hybridized carbons (Fsp3) is 0.429. The molecule has 1 amide bonds. The first kappa shape index (κ1) is 10.4. The first-order valence-corrected chi connectivity index (χ1v) is 4.92. The highest BCUT2D eigenvalue weighted by molar-refractivity contribution is 7.14. The van der Waals surface area contributed by atoms with Crippen molar-refractivity contribution < 1.29 is 9.90 Å². The summed E-state index contributed by atoms with van der Waals surface area (Å²) in [6.07, 6.45) is 0. The maximum Gasteiger partial charge on any atom is 0.271 e. The molecule has 1 rings (SSSR count). The van der Waals surface area contributed by atoms with Crippen molar-refractivity contribution in [1.82, 2.24) is 10.3 Å². The van der Waals surface area contributed by atoms with Crippen LogP contribution in [-0.4, -0.2) is 28.6 Å². The Balaban J connectivity index is 2.58. The highest BCUT2D eigenvalue weighted by Gasteiger charge is 2.11. The molecule has 0 aliphatic carbocycles. The number of nitrogens with one attached hydrogen (secondary N) is 1. The van der Waals surface area contributed by atoms with Crippen molar-refractivity contribution in [2.45, 2.75) is 13.0 Å². The summed E-state index contributed by atoms with van der Waals surface area (Å²) in [7, 11) is 0. The molecule has 0 bridgehead atoms. The summed E-state index contributed by atoms with van der Waals surface area (Å²) in [5, 5.41) is 12.8. The summed E-state index contributed by atoms with van der Waals surface area (Å²) in [4.78, 5) is 15.1. The second-order valence-electron chi connectivity index (χ2n) is 2.54. The van der Waals surface area contributed by atoms with Crippen LogP contribution in [0.3, 0.4) is 0 Å². The number of aromatic nitrogens is 1. The molecule has 4 nitrogen and oxygen atoms in total. The van der Waals surface area contributed by atoms with E-state index >= 15 is 0 Å². The number of carbonyl (C=O) groups excluding carboxylic acids is 1. The van der Waals surface area contributed by atoms with Crippen LogP contribution in [0.2, 0.25) is 4.47 Å². The Morgan fingerprint density at radius 3 is 3.08 bits per heavy atom. The molecule has 72 valence electrons.